The summed E-state index contributed by atoms with van der Waals surface area (Å²) >= 11 is 0. The quantitative estimate of drug-likeness (QED) is 0.535. The van der Waals surface area contributed by atoms with E-state index in [1.165, 1.54) is 13.2 Å². The molecule has 1 aromatic carbocycles. The van der Waals surface area contributed by atoms with Crippen molar-refractivity contribution in [1.82, 2.24) is 15.8 Å². The summed E-state index contributed by atoms with van der Waals surface area (Å²) in [6.07, 6.45) is 2.07. The number of ether oxygens (including phenoxy) is 1. The molecule has 7 heteroatoms. The molecule has 148 valence electrons. The van der Waals surface area contributed by atoms with Gasteiger partial charge in [0.15, 0.2) is 23.3 Å². The Kier molecular flexibility index (Phi) is 7.64. The van der Waals surface area contributed by atoms with Crippen molar-refractivity contribution in [2.24, 2.45) is 4.99 Å². The van der Waals surface area contributed by atoms with Crippen LogP contribution in [-0.4, -0.2) is 25.3 Å². The van der Waals surface area contributed by atoms with Crippen LogP contribution in [0.2, 0.25) is 0 Å². The van der Waals surface area contributed by atoms with E-state index >= 15 is 0 Å². The maximum Gasteiger partial charge on any atom is 0.191 e. The Labute approximate surface area is 160 Å². The molecule has 2 rings (SSSR count). The zero-order valence-corrected chi connectivity index (χ0v) is 16.7. The number of rotatable bonds is 8. The van der Waals surface area contributed by atoms with Crippen molar-refractivity contribution in [3.05, 3.63) is 47.1 Å². The number of nitrogens with zero attached hydrogens (tertiary/aromatic N) is 2. The summed E-state index contributed by atoms with van der Waals surface area (Å²) < 4.78 is 24.3. The van der Waals surface area contributed by atoms with Crippen LogP contribution in [0.25, 0.3) is 0 Å². The number of benzene rings is 1. The van der Waals surface area contributed by atoms with Crippen molar-refractivity contribution < 1.29 is 13.7 Å². The van der Waals surface area contributed by atoms with E-state index in [-0.39, 0.29) is 17.6 Å². The van der Waals surface area contributed by atoms with Crippen molar-refractivity contribution in [3.63, 3.8) is 0 Å². The monoisotopic (exact) mass is 376 g/mol. The van der Waals surface area contributed by atoms with Crippen molar-refractivity contribution in [1.29, 1.82) is 0 Å². The highest BCUT2D eigenvalue weighted by molar-refractivity contribution is 5.80. The lowest BCUT2D eigenvalue weighted by Crippen LogP contribution is -2.38. The maximum atomic E-state index is 13.9. The molecule has 2 N–H and O–H groups in total. The van der Waals surface area contributed by atoms with E-state index in [0.717, 1.165) is 29.9 Å². The first kappa shape index (κ1) is 20.7. The number of aliphatic imine (C=N–C) groups is 1. The van der Waals surface area contributed by atoms with Gasteiger partial charge in [0.05, 0.1) is 25.4 Å². The third kappa shape index (κ3) is 5.45. The summed E-state index contributed by atoms with van der Waals surface area (Å²) in [5.41, 5.74) is 1.79. The molecule has 0 saturated heterocycles. The van der Waals surface area contributed by atoms with Gasteiger partial charge in [0.25, 0.3) is 0 Å². The standard InChI is InChI=1S/C20H29FN4O2/c1-6-14(7-2)18-11-16(27-25-18)12-23-20(22-4)24-13(3)15-8-9-19(26-5)17(21)10-15/h8-11,13-14H,6-7,12H2,1-5H3,(H2,22,23,24). The molecule has 0 aliphatic carbocycles. The molecule has 0 saturated carbocycles. The number of guanidine groups is 1. The number of halogens is 1. The average Bonchev–Trinajstić information content (AvgIpc) is 3.14. The molecular formula is C20H29FN4O2. The highest BCUT2D eigenvalue weighted by Gasteiger charge is 2.14. The Morgan fingerprint density at radius 3 is 2.63 bits per heavy atom. The van der Waals surface area contributed by atoms with E-state index in [1.807, 2.05) is 19.1 Å². The summed E-state index contributed by atoms with van der Waals surface area (Å²) in [6, 6.07) is 6.76. The number of nitrogens with one attached hydrogen (secondary N) is 2. The zero-order chi connectivity index (χ0) is 19.8. The van der Waals surface area contributed by atoms with Gasteiger partial charge in [-0.2, -0.15) is 0 Å². The normalized spacial score (nSPS) is 12.9. The Hall–Kier alpha value is -2.57. The van der Waals surface area contributed by atoms with Gasteiger partial charge >= 0.3 is 0 Å². The fourth-order valence-corrected chi connectivity index (χ4v) is 2.92. The van der Waals surface area contributed by atoms with Gasteiger partial charge in [0, 0.05) is 19.0 Å². The Morgan fingerprint density at radius 1 is 1.30 bits per heavy atom. The fraction of sp³-hybridized carbons (Fsp3) is 0.500. The number of hydrogen-bond acceptors (Lipinski definition) is 4. The van der Waals surface area contributed by atoms with Crippen LogP contribution in [-0.2, 0) is 6.54 Å². The number of hydrogen-bond donors (Lipinski definition) is 2. The Balaban J connectivity index is 1.95. The first-order valence-corrected chi connectivity index (χ1v) is 9.28. The van der Waals surface area contributed by atoms with Gasteiger partial charge in [-0.05, 0) is 37.5 Å². The molecule has 27 heavy (non-hydrogen) atoms. The van der Waals surface area contributed by atoms with E-state index in [1.54, 1.807) is 13.1 Å². The van der Waals surface area contributed by atoms with Gasteiger partial charge in [0.2, 0.25) is 0 Å². The minimum absolute atomic E-state index is 0.133. The second kappa shape index (κ2) is 9.94. The Bertz CT molecular complexity index is 756. The molecule has 2 aromatic rings. The minimum atomic E-state index is -0.387. The van der Waals surface area contributed by atoms with Crippen LogP contribution >= 0.6 is 0 Å². The SMILES string of the molecule is CCC(CC)c1cc(CNC(=NC)NC(C)c2ccc(OC)c(F)c2)on1. The predicted molar refractivity (Wildman–Crippen MR) is 105 cm³/mol. The number of methoxy groups -OCH3 is 1. The molecule has 0 radical (unpaired) electrons. The van der Waals surface area contributed by atoms with Crippen molar-refractivity contribution >= 4 is 5.96 Å². The first-order valence-electron chi connectivity index (χ1n) is 9.28. The third-order valence-electron chi connectivity index (χ3n) is 4.66. The first-order chi connectivity index (χ1) is 13.0. The molecule has 0 aliphatic heterocycles. The third-order valence-corrected chi connectivity index (χ3v) is 4.66. The lowest BCUT2D eigenvalue weighted by molar-refractivity contribution is 0.368. The molecule has 1 atom stereocenters. The smallest absolute Gasteiger partial charge is 0.191 e. The van der Waals surface area contributed by atoms with Gasteiger partial charge in [0.1, 0.15) is 0 Å². The summed E-state index contributed by atoms with van der Waals surface area (Å²) in [4.78, 5) is 4.21. The number of aromatic nitrogens is 1. The molecule has 0 aliphatic rings. The maximum absolute atomic E-state index is 13.9. The minimum Gasteiger partial charge on any atom is -0.494 e. The Morgan fingerprint density at radius 2 is 2.04 bits per heavy atom. The van der Waals surface area contributed by atoms with E-state index in [0.29, 0.717) is 18.4 Å². The predicted octanol–water partition coefficient (Wildman–Crippen LogP) is 4.15. The van der Waals surface area contributed by atoms with Crippen molar-refractivity contribution in [2.45, 2.75) is 52.1 Å². The van der Waals surface area contributed by atoms with Crippen LogP contribution in [0.4, 0.5) is 4.39 Å². The molecule has 1 heterocycles. The van der Waals surface area contributed by atoms with Crippen LogP contribution in [0.1, 0.15) is 62.6 Å². The molecule has 0 spiro atoms. The largest absolute Gasteiger partial charge is 0.494 e. The van der Waals surface area contributed by atoms with Crippen molar-refractivity contribution in [3.8, 4) is 5.75 Å². The molecule has 0 fully saturated rings. The van der Waals surface area contributed by atoms with Gasteiger partial charge in [-0.1, -0.05) is 25.1 Å². The summed E-state index contributed by atoms with van der Waals surface area (Å²) in [6.45, 7) is 6.70. The van der Waals surface area contributed by atoms with Gasteiger partial charge in [-0.15, -0.1) is 0 Å². The molecule has 1 unspecified atom stereocenters. The van der Waals surface area contributed by atoms with Crippen LogP contribution in [0.5, 0.6) is 5.75 Å². The molecule has 0 amide bonds. The van der Waals surface area contributed by atoms with E-state index in [4.69, 9.17) is 9.26 Å². The van der Waals surface area contributed by atoms with Crippen LogP contribution in [0.3, 0.4) is 0 Å². The topological polar surface area (TPSA) is 71.7 Å². The second-order valence-corrected chi connectivity index (χ2v) is 6.42. The highest BCUT2D eigenvalue weighted by atomic mass is 19.1. The van der Waals surface area contributed by atoms with Gasteiger partial charge in [-0.25, -0.2) is 4.39 Å². The fourth-order valence-electron chi connectivity index (χ4n) is 2.92. The lowest BCUT2D eigenvalue weighted by Gasteiger charge is -2.18. The second-order valence-electron chi connectivity index (χ2n) is 6.42. The lowest BCUT2D eigenvalue weighted by atomic mass is 9.99. The van der Waals surface area contributed by atoms with E-state index < -0.39 is 0 Å². The molecule has 1 aromatic heterocycles. The van der Waals surface area contributed by atoms with Crippen molar-refractivity contribution in [2.75, 3.05) is 14.2 Å². The summed E-state index contributed by atoms with van der Waals surface area (Å²) in [5.74, 6) is 1.61. The summed E-state index contributed by atoms with van der Waals surface area (Å²) in [7, 11) is 3.14. The molecular weight excluding hydrogens is 347 g/mol. The zero-order valence-electron chi connectivity index (χ0n) is 16.7. The van der Waals surface area contributed by atoms with Crippen LogP contribution in [0, 0.1) is 5.82 Å². The summed E-state index contributed by atoms with van der Waals surface area (Å²) in [5, 5.41) is 10.6. The van der Waals surface area contributed by atoms with Crippen LogP contribution in [0.15, 0.2) is 33.8 Å². The molecule has 6 nitrogen and oxygen atoms in total. The van der Waals surface area contributed by atoms with Crippen LogP contribution < -0.4 is 15.4 Å². The average molecular weight is 376 g/mol. The highest BCUT2D eigenvalue weighted by Crippen LogP contribution is 2.23. The van der Waals surface area contributed by atoms with Gasteiger partial charge in [-0.3, -0.25) is 4.99 Å². The molecule has 0 bridgehead atoms. The van der Waals surface area contributed by atoms with E-state index in [2.05, 4.69) is 34.6 Å². The van der Waals surface area contributed by atoms with E-state index in [9.17, 15) is 4.39 Å². The van der Waals surface area contributed by atoms with Gasteiger partial charge < -0.3 is 19.9 Å².